The summed E-state index contributed by atoms with van der Waals surface area (Å²) >= 11 is 12.4. The topological polar surface area (TPSA) is 102 Å². The molecule has 1 heterocycles. The van der Waals surface area contributed by atoms with Gasteiger partial charge < -0.3 is 0 Å². The standard InChI is InChI=1S/C11H9Cl2N3O3S2/c1-5-10(21(14,18)19)20-11(15-5)16-9(17)6-2-3-7(12)8(13)4-6/h2-4H,1H3,(H2,14,18,19)(H,15,16,17). The van der Waals surface area contributed by atoms with E-state index >= 15 is 0 Å². The highest BCUT2D eigenvalue weighted by molar-refractivity contribution is 7.91. The van der Waals surface area contributed by atoms with E-state index < -0.39 is 15.9 Å². The number of amides is 1. The van der Waals surface area contributed by atoms with Crippen LogP contribution in [0.25, 0.3) is 0 Å². The van der Waals surface area contributed by atoms with Crippen LogP contribution < -0.4 is 10.5 Å². The average molecular weight is 366 g/mol. The van der Waals surface area contributed by atoms with Crippen LogP contribution in [0.15, 0.2) is 22.4 Å². The largest absolute Gasteiger partial charge is 0.298 e. The van der Waals surface area contributed by atoms with Crippen LogP contribution in [0.2, 0.25) is 10.0 Å². The van der Waals surface area contributed by atoms with E-state index in [2.05, 4.69) is 10.3 Å². The molecule has 0 aliphatic rings. The summed E-state index contributed by atoms with van der Waals surface area (Å²) in [6.45, 7) is 1.49. The van der Waals surface area contributed by atoms with E-state index in [1.807, 2.05) is 0 Å². The number of carbonyl (C=O) groups is 1. The second-order valence-electron chi connectivity index (χ2n) is 4.02. The number of benzene rings is 1. The number of rotatable bonds is 3. The van der Waals surface area contributed by atoms with Gasteiger partial charge >= 0.3 is 0 Å². The minimum absolute atomic E-state index is 0.0908. The molecule has 0 saturated carbocycles. The first kappa shape index (κ1) is 16.2. The first-order chi connectivity index (χ1) is 9.68. The molecule has 0 spiro atoms. The number of aromatic nitrogens is 1. The lowest BCUT2D eigenvalue weighted by Crippen LogP contribution is -2.11. The summed E-state index contributed by atoms with van der Waals surface area (Å²) in [7, 11) is -3.86. The Morgan fingerprint density at radius 3 is 2.52 bits per heavy atom. The van der Waals surface area contributed by atoms with Gasteiger partial charge in [-0.3, -0.25) is 10.1 Å². The first-order valence-corrected chi connectivity index (χ1v) is 8.57. The molecule has 0 atom stereocenters. The Hall–Kier alpha value is -1.19. The average Bonchev–Trinajstić information content (AvgIpc) is 2.73. The zero-order valence-corrected chi connectivity index (χ0v) is 13.7. The number of nitrogens with one attached hydrogen (secondary N) is 1. The zero-order valence-electron chi connectivity index (χ0n) is 10.6. The molecule has 0 saturated heterocycles. The number of nitrogens with two attached hydrogens (primary N) is 1. The molecule has 2 rings (SSSR count). The highest BCUT2D eigenvalue weighted by Crippen LogP contribution is 2.27. The fourth-order valence-corrected chi connectivity index (χ4v) is 3.66. The lowest BCUT2D eigenvalue weighted by molar-refractivity contribution is 0.102. The molecule has 2 aromatic rings. The molecule has 112 valence electrons. The van der Waals surface area contributed by atoms with E-state index in [0.29, 0.717) is 5.02 Å². The van der Waals surface area contributed by atoms with Crippen molar-refractivity contribution in [2.75, 3.05) is 5.32 Å². The van der Waals surface area contributed by atoms with Crippen LogP contribution in [-0.2, 0) is 10.0 Å². The van der Waals surface area contributed by atoms with Gasteiger partial charge in [-0.25, -0.2) is 18.5 Å². The lowest BCUT2D eigenvalue weighted by Gasteiger charge is -2.03. The van der Waals surface area contributed by atoms with Crippen molar-refractivity contribution in [2.24, 2.45) is 5.14 Å². The number of hydrogen-bond acceptors (Lipinski definition) is 5. The normalized spacial score (nSPS) is 11.4. The van der Waals surface area contributed by atoms with Crippen LogP contribution in [0.1, 0.15) is 16.1 Å². The Morgan fingerprint density at radius 2 is 2.00 bits per heavy atom. The number of halogens is 2. The maximum atomic E-state index is 12.0. The zero-order chi connectivity index (χ0) is 15.8. The van der Waals surface area contributed by atoms with Crippen LogP contribution in [0, 0.1) is 6.92 Å². The van der Waals surface area contributed by atoms with Crippen LogP contribution >= 0.6 is 34.5 Å². The number of hydrogen-bond donors (Lipinski definition) is 2. The highest BCUT2D eigenvalue weighted by atomic mass is 35.5. The highest BCUT2D eigenvalue weighted by Gasteiger charge is 2.19. The fraction of sp³-hybridized carbons (Fsp3) is 0.0909. The third-order valence-corrected chi connectivity index (χ3v) is 5.78. The third-order valence-electron chi connectivity index (χ3n) is 2.41. The quantitative estimate of drug-likeness (QED) is 0.872. The SMILES string of the molecule is Cc1nc(NC(=O)c2ccc(Cl)c(Cl)c2)sc1S(N)(=O)=O. The number of sulfonamides is 1. The molecule has 0 aliphatic heterocycles. The van der Waals surface area contributed by atoms with E-state index in [9.17, 15) is 13.2 Å². The van der Waals surface area contributed by atoms with Crippen LogP contribution in [0.3, 0.4) is 0 Å². The van der Waals surface area contributed by atoms with Crippen molar-refractivity contribution in [1.29, 1.82) is 0 Å². The molecule has 0 unspecified atom stereocenters. The maximum Gasteiger partial charge on any atom is 0.257 e. The van der Waals surface area contributed by atoms with Gasteiger partial charge in [0.05, 0.1) is 15.7 Å². The molecule has 0 aliphatic carbocycles. The Bertz CT molecular complexity index is 818. The Balaban J connectivity index is 2.26. The van der Waals surface area contributed by atoms with Gasteiger partial charge in [-0.1, -0.05) is 34.5 Å². The van der Waals surface area contributed by atoms with E-state index in [1.165, 1.54) is 25.1 Å². The van der Waals surface area contributed by atoms with Gasteiger partial charge in [-0.05, 0) is 25.1 Å². The van der Waals surface area contributed by atoms with Crippen molar-refractivity contribution in [3.05, 3.63) is 39.5 Å². The van der Waals surface area contributed by atoms with E-state index in [4.69, 9.17) is 28.3 Å². The minimum Gasteiger partial charge on any atom is -0.298 e. The molecule has 1 aromatic heterocycles. The molecule has 6 nitrogen and oxygen atoms in total. The van der Waals surface area contributed by atoms with Crippen molar-refractivity contribution < 1.29 is 13.2 Å². The van der Waals surface area contributed by atoms with E-state index in [1.54, 1.807) is 0 Å². The van der Waals surface area contributed by atoms with Crippen molar-refractivity contribution in [3.63, 3.8) is 0 Å². The summed E-state index contributed by atoms with van der Waals surface area (Å²) in [4.78, 5) is 16.0. The molecule has 3 N–H and O–H groups in total. The Kier molecular flexibility index (Phi) is 4.54. The summed E-state index contributed by atoms with van der Waals surface area (Å²) in [6, 6.07) is 4.38. The Morgan fingerprint density at radius 1 is 1.33 bits per heavy atom. The van der Waals surface area contributed by atoms with Gasteiger partial charge in [0.2, 0.25) is 10.0 Å². The van der Waals surface area contributed by atoms with Gasteiger partial charge in [0.1, 0.15) is 0 Å². The molecule has 0 bridgehead atoms. The van der Waals surface area contributed by atoms with Crippen molar-refractivity contribution in [3.8, 4) is 0 Å². The molecule has 0 radical (unpaired) electrons. The number of nitrogens with zero attached hydrogens (tertiary/aromatic N) is 1. The summed E-state index contributed by atoms with van der Waals surface area (Å²) in [5, 5.41) is 8.23. The number of primary sulfonamides is 1. The molecule has 1 amide bonds. The fourth-order valence-electron chi connectivity index (χ4n) is 1.51. The smallest absolute Gasteiger partial charge is 0.257 e. The van der Waals surface area contributed by atoms with Gasteiger partial charge in [-0.15, -0.1) is 0 Å². The summed E-state index contributed by atoms with van der Waals surface area (Å²) in [5.41, 5.74) is 0.501. The maximum absolute atomic E-state index is 12.0. The van der Waals surface area contributed by atoms with Gasteiger partial charge in [-0.2, -0.15) is 0 Å². The molecule has 0 fully saturated rings. The van der Waals surface area contributed by atoms with Gasteiger partial charge in [0, 0.05) is 5.56 Å². The molecule has 1 aromatic carbocycles. The molecule has 21 heavy (non-hydrogen) atoms. The van der Waals surface area contributed by atoms with Crippen molar-refractivity contribution >= 4 is 55.6 Å². The lowest BCUT2D eigenvalue weighted by atomic mass is 10.2. The van der Waals surface area contributed by atoms with E-state index in [-0.39, 0.29) is 25.6 Å². The van der Waals surface area contributed by atoms with Crippen molar-refractivity contribution in [2.45, 2.75) is 11.1 Å². The number of aryl methyl sites for hydroxylation is 1. The molecular weight excluding hydrogens is 357 g/mol. The number of anilines is 1. The summed E-state index contributed by atoms with van der Waals surface area (Å²) in [5.74, 6) is -0.483. The molecular formula is C11H9Cl2N3O3S2. The van der Waals surface area contributed by atoms with Gasteiger partial charge in [0.15, 0.2) is 9.34 Å². The van der Waals surface area contributed by atoms with Crippen LogP contribution in [0.5, 0.6) is 0 Å². The monoisotopic (exact) mass is 365 g/mol. The molecule has 10 heteroatoms. The summed E-state index contributed by atoms with van der Waals surface area (Å²) < 4.78 is 22.5. The number of thiazole rings is 1. The number of carbonyl (C=O) groups excluding carboxylic acids is 1. The van der Waals surface area contributed by atoms with Crippen LogP contribution in [0.4, 0.5) is 5.13 Å². The van der Waals surface area contributed by atoms with Crippen LogP contribution in [-0.4, -0.2) is 19.3 Å². The summed E-state index contributed by atoms with van der Waals surface area (Å²) in [6.07, 6.45) is 0. The first-order valence-electron chi connectivity index (χ1n) is 5.45. The second kappa shape index (κ2) is 5.90. The predicted octanol–water partition coefficient (Wildman–Crippen LogP) is 2.66. The third kappa shape index (κ3) is 3.72. The second-order valence-corrected chi connectivity index (χ2v) is 7.59. The van der Waals surface area contributed by atoms with E-state index in [0.717, 1.165) is 11.3 Å². The predicted molar refractivity (Wildman–Crippen MR) is 82.6 cm³/mol. The van der Waals surface area contributed by atoms with Gasteiger partial charge in [0.25, 0.3) is 5.91 Å². The Labute approximate surface area is 134 Å². The van der Waals surface area contributed by atoms with Crippen molar-refractivity contribution in [1.82, 2.24) is 4.98 Å². The minimum atomic E-state index is -3.86.